The first-order chi connectivity index (χ1) is 12.2. The predicted octanol–water partition coefficient (Wildman–Crippen LogP) is 1.32. The summed E-state index contributed by atoms with van der Waals surface area (Å²) in [7, 11) is -3.22. The largest absolute Gasteiger partial charge is 0.457 e. The van der Waals surface area contributed by atoms with E-state index in [2.05, 4.69) is 9.97 Å². The van der Waals surface area contributed by atoms with Gasteiger partial charge in [-0.1, -0.05) is 0 Å². The minimum Gasteiger partial charge on any atom is -0.457 e. The number of hydrogen-bond acceptors (Lipinski definition) is 7. The number of H-pyrrole nitrogens is 1. The van der Waals surface area contributed by atoms with Gasteiger partial charge in [0, 0.05) is 18.0 Å². The quantitative estimate of drug-likeness (QED) is 0.777. The number of rotatable bonds is 4. The Morgan fingerprint density at radius 3 is 2.62 bits per heavy atom. The molecule has 26 heavy (non-hydrogen) atoms. The molecule has 0 aliphatic carbocycles. The molecular formula is C16H21N3O5S2. The van der Waals surface area contributed by atoms with E-state index in [-0.39, 0.29) is 24.1 Å². The maximum absolute atomic E-state index is 12.2. The van der Waals surface area contributed by atoms with Gasteiger partial charge in [0.05, 0.1) is 17.6 Å². The summed E-state index contributed by atoms with van der Waals surface area (Å²) in [5.41, 5.74) is 0.685. The lowest BCUT2D eigenvalue weighted by Gasteiger charge is -2.28. The molecule has 2 aromatic heterocycles. The highest BCUT2D eigenvalue weighted by molar-refractivity contribution is 7.88. The molecule has 1 fully saturated rings. The van der Waals surface area contributed by atoms with Crippen molar-refractivity contribution < 1.29 is 17.9 Å². The molecule has 1 saturated heterocycles. The van der Waals surface area contributed by atoms with Crippen molar-refractivity contribution in [3.8, 4) is 0 Å². The summed E-state index contributed by atoms with van der Waals surface area (Å²) < 4.78 is 29.7. The lowest BCUT2D eigenvalue weighted by molar-refractivity contribution is -0.151. The molecule has 2 aromatic rings. The number of aromatic amines is 1. The van der Waals surface area contributed by atoms with Crippen molar-refractivity contribution in [1.29, 1.82) is 0 Å². The lowest BCUT2D eigenvalue weighted by Crippen LogP contribution is -2.40. The first-order valence-corrected chi connectivity index (χ1v) is 10.9. The molecule has 3 rings (SSSR count). The summed E-state index contributed by atoms with van der Waals surface area (Å²) in [6, 6.07) is 0. The normalized spacial score (nSPS) is 16.9. The van der Waals surface area contributed by atoms with Crippen LogP contribution >= 0.6 is 11.3 Å². The van der Waals surface area contributed by atoms with Crippen molar-refractivity contribution in [2.45, 2.75) is 33.3 Å². The smallest absolute Gasteiger partial charge is 0.309 e. The summed E-state index contributed by atoms with van der Waals surface area (Å²) in [5.74, 6) is -0.417. The third-order valence-electron chi connectivity index (χ3n) is 4.70. The van der Waals surface area contributed by atoms with E-state index in [4.69, 9.17) is 4.74 Å². The SMILES string of the molecule is Cc1sc2nc(COC(=O)C3CCN(S(C)(=O)=O)CC3)[nH]c(=O)c2c1C. The second-order valence-corrected chi connectivity index (χ2v) is 9.71. The van der Waals surface area contributed by atoms with Crippen molar-refractivity contribution >= 4 is 37.5 Å². The maximum Gasteiger partial charge on any atom is 0.309 e. The standard InChI is InChI=1S/C16H21N3O5S2/c1-9-10(2)25-15-13(9)14(20)17-12(18-15)8-24-16(21)11-4-6-19(7-5-11)26(3,22)23/h11H,4-8H2,1-3H3,(H,17,18,20). The molecule has 142 valence electrons. The zero-order valence-electron chi connectivity index (χ0n) is 14.9. The number of nitrogens with zero attached hydrogens (tertiary/aromatic N) is 2. The van der Waals surface area contributed by atoms with Gasteiger partial charge in [-0.05, 0) is 32.3 Å². The molecule has 0 saturated carbocycles. The molecule has 1 aliphatic heterocycles. The van der Waals surface area contributed by atoms with Crippen LogP contribution in [0.1, 0.15) is 29.1 Å². The topological polar surface area (TPSA) is 109 Å². The Balaban J connectivity index is 1.64. The Bertz CT molecular complexity index is 1000. The van der Waals surface area contributed by atoms with Crippen LogP contribution in [0.25, 0.3) is 10.2 Å². The van der Waals surface area contributed by atoms with Crippen LogP contribution in [-0.4, -0.2) is 48.0 Å². The van der Waals surface area contributed by atoms with Gasteiger partial charge in [-0.3, -0.25) is 9.59 Å². The molecule has 0 bridgehead atoms. The number of hydrogen-bond donors (Lipinski definition) is 1. The fraction of sp³-hybridized carbons (Fsp3) is 0.562. The zero-order chi connectivity index (χ0) is 19.1. The first-order valence-electron chi connectivity index (χ1n) is 8.27. The number of aromatic nitrogens is 2. The van der Waals surface area contributed by atoms with Gasteiger partial charge < -0.3 is 9.72 Å². The van der Waals surface area contributed by atoms with Crippen LogP contribution in [0.2, 0.25) is 0 Å². The Kier molecular flexibility index (Phi) is 5.18. The molecule has 0 spiro atoms. The zero-order valence-corrected chi connectivity index (χ0v) is 16.5. The van der Waals surface area contributed by atoms with Crippen molar-refractivity contribution in [3.63, 3.8) is 0 Å². The van der Waals surface area contributed by atoms with Gasteiger partial charge in [0.25, 0.3) is 5.56 Å². The number of esters is 1. The summed E-state index contributed by atoms with van der Waals surface area (Å²) in [6.07, 6.45) is 2.02. The summed E-state index contributed by atoms with van der Waals surface area (Å²) in [5, 5.41) is 0.579. The van der Waals surface area contributed by atoms with Crippen molar-refractivity contribution in [3.05, 3.63) is 26.6 Å². The second kappa shape index (κ2) is 7.09. The number of ether oxygens (including phenoxy) is 1. The molecule has 10 heteroatoms. The predicted molar refractivity (Wildman–Crippen MR) is 98.7 cm³/mol. The van der Waals surface area contributed by atoms with Gasteiger partial charge in [-0.2, -0.15) is 0 Å². The molecular weight excluding hydrogens is 378 g/mol. The van der Waals surface area contributed by atoms with E-state index in [1.807, 2.05) is 13.8 Å². The number of nitrogens with one attached hydrogen (secondary N) is 1. The van der Waals surface area contributed by atoms with Crippen molar-refractivity contribution in [2.75, 3.05) is 19.3 Å². The number of carbonyl (C=O) groups is 1. The lowest BCUT2D eigenvalue weighted by atomic mass is 9.98. The molecule has 0 unspecified atom stereocenters. The van der Waals surface area contributed by atoms with Crippen LogP contribution in [0.3, 0.4) is 0 Å². The molecule has 0 aromatic carbocycles. The Morgan fingerprint density at radius 2 is 2.00 bits per heavy atom. The summed E-state index contributed by atoms with van der Waals surface area (Å²) >= 11 is 1.44. The number of fused-ring (bicyclic) bond motifs is 1. The Morgan fingerprint density at radius 1 is 1.35 bits per heavy atom. The van der Waals surface area contributed by atoms with E-state index in [0.717, 1.165) is 16.7 Å². The van der Waals surface area contributed by atoms with E-state index >= 15 is 0 Å². The second-order valence-electron chi connectivity index (χ2n) is 6.52. The van der Waals surface area contributed by atoms with E-state index in [0.29, 0.717) is 42.0 Å². The van der Waals surface area contributed by atoms with Crippen LogP contribution in [0.15, 0.2) is 4.79 Å². The number of carbonyl (C=O) groups excluding carboxylic acids is 1. The summed E-state index contributed by atoms with van der Waals surface area (Å²) in [6.45, 7) is 4.34. The fourth-order valence-corrected chi connectivity index (χ4v) is 4.97. The van der Waals surface area contributed by atoms with Crippen LogP contribution in [0.4, 0.5) is 0 Å². The van der Waals surface area contributed by atoms with Gasteiger partial charge in [0.2, 0.25) is 10.0 Å². The number of thiophene rings is 1. The van der Waals surface area contributed by atoms with Crippen LogP contribution < -0.4 is 5.56 Å². The third kappa shape index (κ3) is 3.81. The van der Waals surface area contributed by atoms with Gasteiger partial charge in [0.1, 0.15) is 17.3 Å². The maximum atomic E-state index is 12.2. The molecule has 3 heterocycles. The molecule has 1 aliphatic rings. The van der Waals surface area contributed by atoms with E-state index in [1.165, 1.54) is 15.6 Å². The molecule has 0 radical (unpaired) electrons. The highest BCUT2D eigenvalue weighted by Crippen LogP contribution is 2.26. The number of sulfonamides is 1. The van der Waals surface area contributed by atoms with Crippen LogP contribution in [0.5, 0.6) is 0 Å². The summed E-state index contributed by atoms with van der Waals surface area (Å²) in [4.78, 5) is 33.2. The number of piperidine rings is 1. The number of aryl methyl sites for hydroxylation is 2. The van der Waals surface area contributed by atoms with E-state index < -0.39 is 10.0 Å². The van der Waals surface area contributed by atoms with Crippen LogP contribution in [-0.2, 0) is 26.2 Å². The van der Waals surface area contributed by atoms with E-state index in [9.17, 15) is 18.0 Å². The average Bonchev–Trinajstić information content (AvgIpc) is 2.86. The molecule has 1 N–H and O–H groups in total. The van der Waals surface area contributed by atoms with Gasteiger partial charge >= 0.3 is 5.97 Å². The van der Waals surface area contributed by atoms with Gasteiger partial charge in [0.15, 0.2) is 0 Å². The molecule has 0 atom stereocenters. The third-order valence-corrected chi connectivity index (χ3v) is 7.10. The van der Waals surface area contributed by atoms with Gasteiger partial charge in [-0.25, -0.2) is 17.7 Å². The monoisotopic (exact) mass is 399 g/mol. The van der Waals surface area contributed by atoms with Crippen molar-refractivity contribution in [1.82, 2.24) is 14.3 Å². The highest BCUT2D eigenvalue weighted by Gasteiger charge is 2.30. The minimum absolute atomic E-state index is 0.105. The Labute approximate surface area is 155 Å². The first kappa shape index (κ1) is 19.0. The minimum atomic E-state index is -3.22. The molecule has 8 nitrogen and oxygen atoms in total. The fourth-order valence-electron chi connectivity index (χ4n) is 3.05. The van der Waals surface area contributed by atoms with E-state index in [1.54, 1.807) is 0 Å². The Hall–Kier alpha value is -1.78. The molecule has 0 amide bonds. The van der Waals surface area contributed by atoms with Crippen LogP contribution in [0, 0.1) is 19.8 Å². The average molecular weight is 399 g/mol. The van der Waals surface area contributed by atoms with Crippen molar-refractivity contribution in [2.24, 2.45) is 5.92 Å². The highest BCUT2D eigenvalue weighted by atomic mass is 32.2. The van der Waals surface area contributed by atoms with Gasteiger partial charge in [-0.15, -0.1) is 11.3 Å².